The molecule has 0 aliphatic carbocycles. The van der Waals surface area contributed by atoms with E-state index in [1.807, 2.05) is 19.0 Å². The fraction of sp³-hybridized carbons (Fsp3) is 0.917. The van der Waals surface area contributed by atoms with Crippen molar-refractivity contribution in [3.8, 4) is 0 Å². The largest absolute Gasteiger partial charge is 0.322 e. The Morgan fingerprint density at radius 3 is 2.56 bits per heavy atom. The quantitative estimate of drug-likeness (QED) is 0.752. The summed E-state index contributed by atoms with van der Waals surface area (Å²) in [5, 5.41) is 3.30. The van der Waals surface area contributed by atoms with Gasteiger partial charge in [0.25, 0.3) is 0 Å². The molecule has 0 radical (unpaired) electrons. The molecule has 0 spiro atoms. The van der Waals surface area contributed by atoms with Gasteiger partial charge in [0, 0.05) is 12.6 Å². The summed E-state index contributed by atoms with van der Waals surface area (Å²) in [6, 6.07) is 0.279. The molecular formula is C12H25N3O. The van der Waals surface area contributed by atoms with Crippen LogP contribution in [-0.4, -0.2) is 55.1 Å². The van der Waals surface area contributed by atoms with Crippen molar-refractivity contribution in [1.82, 2.24) is 15.1 Å². The summed E-state index contributed by atoms with van der Waals surface area (Å²) in [5.41, 5.74) is 0. The third-order valence-electron chi connectivity index (χ3n) is 2.91. The Balaban J connectivity index is 2.61. The number of hydrogen-bond acceptors (Lipinski definition) is 3. The predicted octanol–water partition coefficient (Wildman–Crippen LogP) is 0.741. The van der Waals surface area contributed by atoms with E-state index in [4.69, 9.17) is 0 Å². The Labute approximate surface area is 99.0 Å². The minimum absolute atomic E-state index is 0.224. The van der Waals surface area contributed by atoms with E-state index >= 15 is 0 Å². The molecule has 1 rings (SSSR count). The van der Waals surface area contributed by atoms with Gasteiger partial charge in [0.2, 0.25) is 5.91 Å². The summed E-state index contributed by atoms with van der Waals surface area (Å²) in [6.07, 6.45) is 1.26. The van der Waals surface area contributed by atoms with E-state index in [-0.39, 0.29) is 18.1 Å². The number of hydrogen-bond donors (Lipinski definition) is 1. The summed E-state index contributed by atoms with van der Waals surface area (Å²) in [6.45, 7) is 7.92. The van der Waals surface area contributed by atoms with Crippen LogP contribution in [0.5, 0.6) is 0 Å². The number of carbonyl (C=O) groups excluding carboxylic acids is 1. The standard InChI is InChI=1S/C12H25N3O/c1-9(2)6-11-13-7-12(16)15(11)10(3)8-14(4)5/h9-11,13H,6-8H2,1-5H3. The Morgan fingerprint density at radius 2 is 2.06 bits per heavy atom. The van der Waals surface area contributed by atoms with E-state index in [0.29, 0.717) is 12.5 Å². The average molecular weight is 227 g/mol. The Kier molecular flexibility index (Phi) is 4.74. The van der Waals surface area contributed by atoms with Gasteiger partial charge < -0.3 is 9.80 Å². The van der Waals surface area contributed by atoms with E-state index in [1.54, 1.807) is 0 Å². The third kappa shape index (κ3) is 3.46. The van der Waals surface area contributed by atoms with Crippen molar-refractivity contribution in [3.63, 3.8) is 0 Å². The van der Waals surface area contributed by atoms with Gasteiger partial charge in [-0.25, -0.2) is 0 Å². The van der Waals surface area contributed by atoms with E-state index in [9.17, 15) is 4.79 Å². The highest BCUT2D eigenvalue weighted by Crippen LogP contribution is 2.17. The zero-order valence-electron chi connectivity index (χ0n) is 11.2. The van der Waals surface area contributed by atoms with Crippen LogP contribution in [0.25, 0.3) is 0 Å². The maximum atomic E-state index is 11.8. The monoisotopic (exact) mass is 227 g/mol. The van der Waals surface area contributed by atoms with Crippen molar-refractivity contribution in [2.75, 3.05) is 27.2 Å². The van der Waals surface area contributed by atoms with Gasteiger partial charge in [-0.15, -0.1) is 0 Å². The fourth-order valence-corrected chi connectivity index (χ4v) is 2.38. The first kappa shape index (κ1) is 13.5. The third-order valence-corrected chi connectivity index (χ3v) is 2.91. The van der Waals surface area contributed by atoms with E-state index in [0.717, 1.165) is 13.0 Å². The molecule has 94 valence electrons. The second-order valence-electron chi connectivity index (χ2n) is 5.44. The van der Waals surface area contributed by atoms with Crippen molar-refractivity contribution in [2.24, 2.45) is 5.92 Å². The lowest BCUT2D eigenvalue weighted by molar-refractivity contribution is -0.130. The Bertz CT molecular complexity index is 240. The number of rotatable bonds is 5. The zero-order chi connectivity index (χ0) is 12.3. The van der Waals surface area contributed by atoms with Crippen LogP contribution in [0.3, 0.4) is 0 Å². The molecule has 0 aromatic carbocycles. The lowest BCUT2D eigenvalue weighted by Crippen LogP contribution is -2.47. The lowest BCUT2D eigenvalue weighted by Gasteiger charge is -2.32. The van der Waals surface area contributed by atoms with Crippen LogP contribution < -0.4 is 5.32 Å². The molecule has 4 heteroatoms. The molecule has 0 saturated carbocycles. The minimum atomic E-state index is 0.224. The van der Waals surface area contributed by atoms with Crippen molar-refractivity contribution >= 4 is 5.91 Å². The second-order valence-corrected chi connectivity index (χ2v) is 5.44. The SMILES string of the molecule is CC(C)CC1NCC(=O)N1C(C)CN(C)C. The number of likely N-dealkylation sites (N-methyl/N-ethyl adjacent to an activating group) is 1. The molecule has 0 aromatic heterocycles. The summed E-state index contributed by atoms with van der Waals surface area (Å²) < 4.78 is 0. The van der Waals surface area contributed by atoms with E-state index in [1.165, 1.54) is 0 Å². The molecule has 0 aromatic rings. The van der Waals surface area contributed by atoms with Crippen LogP contribution in [-0.2, 0) is 4.79 Å². The number of nitrogens with one attached hydrogen (secondary N) is 1. The van der Waals surface area contributed by atoms with Crippen LogP contribution in [0.2, 0.25) is 0 Å². The van der Waals surface area contributed by atoms with Crippen molar-refractivity contribution in [3.05, 3.63) is 0 Å². The first-order valence-corrected chi connectivity index (χ1v) is 6.11. The normalized spacial score (nSPS) is 23.6. The van der Waals surface area contributed by atoms with Gasteiger partial charge in [0.15, 0.2) is 0 Å². The molecule has 1 saturated heterocycles. The second kappa shape index (κ2) is 5.64. The highest BCUT2D eigenvalue weighted by atomic mass is 16.2. The summed E-state index contributed by atoms with van der Waals surface area (Å²) in [7, 11) is 4.09. The van der Waals surface area contributed by atoms with Crippen molar-refractivity contribution in [2.45, 2.75) is 39.4 Å². The molecule has 16 heavy (non-hydrogen) atoms. The van der Waals surface area contributed by atoms with Crippen LogP contribution in [0.1, 0.15) is 27.2 Å². The summed E-state index contributed by atoms with van der Waals surface area (Å²) >= 11 is 0. The van der Waals surface area contributed by atoms with Gasteiger partial charge in [0.1, 0.15) is 0 Å². The first-order valence-electron chi connectivity index (χ1n) is 6.11. The first-order chi connectivity index (χ1) is 7.41. The molecule has 4 nitrogen and oxygen atoms in total. The Hall–Kier alpha value is -0.610. The number of nitrogens with zero attached hydrogens (tertiary/aromatic N) is 2. The molecule has 2 unspecified atom stereocenters. The Morgan fingerprint density at radius 1 is 1.44 bits per heavy atom. The van der Waals surface area contributed by atoms with Crippen LogP contribution in [0.15, 0.2) is 0 Å². The average Bonchev–Trinajstić information content (AvgIpc) is 2.44. The van der Waals surface area contributed by atoms with Crippen LogP contribution in [0.4, 0.5) is 0 Å². The molecular weight excluding hydrogens is 202 g/mol. The molecule has 1 fully saturated rings. The van der Waals surface area contributed by atoms with Gasteiger partial charge in [-0.3, -0.25) is 10.1 Å². The molecule has 1 aliphatic heterocycles. The van der Waals surface area contributed by atoms with Gasteiger partial charge in [-0.2, -0.15) is 0 Å². The fourth-order valence-electron chi connectivity index (χ4n) is 2.38. The van der Waals surface area contributed by atoms with Gasteiger partial charge in [0.05, 0.1) is 12.7 Å². The minimum Gasteiger partial charge on any atom is -0.322 e. The van der Waals surface area contributed by atoms with Gasteiger partial charge in [-0.1, -0.05) is 13.8 Å². The molecule has 1 heterocycles. The van der Waals surface area contributed by atoms with E-state index < -0.39 is 0 Å². The van der Waals surface area contributed by atoms with Crippen molar-refractivity contribution < 1.29 is 4.79 Å². The molecule has 1 N–H and O–H groups in total. The topological polar surface area (TPSA) is 35.6 Å². The van der Waals surface area contributed by atoms with Crippen LogP contribution in [0, 0.1) is 5.92 Å². The number of carbonyl (C=O) groups is 1. The molecule has 0 bridgehead atoms. The molecule has 1 aliphatic rings. The highest BCUT2D eigenvalue weighted by Gasteiger charge is 2.34. The summed E-state index contributed by atoms with van der Waals surface area (Å²) in [4.78, 5) is 16.0. The maximum Gasteiger partial charge on any atom is 0.238 e. The van der Waals surface area contributed by atoms with Crippen LogP contribution >= 0.6 is 0 Å². The van der Waals surface area contributed by atoms with E-state index in [2.05, 4.69) is 31.0 Å². The highest BCUT2D eigenvalue weighted by molar-refractivity contribution is 5.81. The maximum absolute atomic E-state index is 11.8. The zero-order valence-corrected chi connectivity index (χ0v) is 11.2. The smallest absolute Gasteiger partial charge is 0.238 e. The summed E-state index contributed by atoms with van der Waals surface area (Å²) in [5.74, 6) is 0.845. The predicted molar refractivity (Wildman–Crippen MR) is 66.1 cm³/mol. The van der Waals surface area contributed by atoms with Crippen molar-refractivity contribution in [1.29, 1.82) is 0 Å². The lowest BCUT2D eigenvalue weighted by atomic mass is 10.1. The molecule has 1 amide bonds. The number of amides is 1. The van der Waals surface area contributed by atoms with Gasteiger partial charge in [-0.05, 0) is 33.4 Å². The van der Waals surface area contributed by atoms with Gasteiger partial charge >= 0.3 is 0 Å². The molecule has 2 atom stereocenters.